The molecule has 0 bridgehead atoms. The quantitative estimate of drug-likeness (QED) is 0.273. The minimum Gasteiger partial charge on any atom is -0.380 e. The van der Waals surface area contributed by atoms with E-state index in [9.17, 15) is 35.9 Å². The van der Waals surface area contributed by atoms with Crippen molar-refractivity contribution in [2.24, 2.45) is 0 Å². The lowest BCUT2D eigenvalue weighted by molar-refractivity contribution is -0.138. The number of aromatic nitrogens is 5. The molecule has 0 fully saturated rings. The van der Waals surface area contributed by atoms with Gasteiger partial charge in [0.1, 0.15) is 11.4 Å². The maximum absolute atomic E-state index is 14.8. The van der Waals surface area contributed by atoms with Crippen molar-refractivity contribution < 1.29 is 26.3 Å². The zero-order valence-electron chi connectivity index (χ0n) is 20.4. The second-order valence-electron chi connectivity index (χ2n) is 8.75. The maximum Gasteiger partial charge on any atom is 0.423 e. The highest BCUT2D eigenvalue weighted by Crippen LogP contribution is 2.32. The van der Waals surface area contributed by atoms with Crippen LogP contribution in [0.2, 0.25) is 0 Å². The molecule has 4 rings (SSSR count). The molecule has 2 N–H and O–H groups in total. The Labute approximate surface area is 216 Å². The van der Waals surface area contributed by atoms with Gasteiger partial charge >= 0.3 is 6.18 Å². The van der Waals surface area contributed by atoms with Crippen molar-refractivity contribution in [1.82, 2.24) is 24.7 Å². The summed E-state index contributed by atoms with van der Waals surface area (Å²) in [6.45, 7) is 1.91. The number of nitrogens with one attached hydrogen (secondary N) is 2. The Balaban J connectivity index is 1.49. The van der Waals surface area contributed by atoms with Crippen LogP contribution < -0.4 is 16.4 Å². The third-order valence-corrected chi connectivity index (χ3v) is 6.17. The molecule has 14 heteroatoms. The molecule has 4 aromatic rings. The molecule has 0 aliphatic carbocycles. The van der Waals surface area contributed by atoms with Crippen molar-refractivity contribution in [2.75, 3.05) is 5.32 Å². The number of hydrogen-bond donors (Lipinski definition) is 2. The molecular formula is C25H22F6N6O2. The van der Waals surface area contributed by atoms with Crippen LogP contribution in [0.4, 0.5) is 32.0 Å². The molecule has 0 spiro atoms. The Morgan fingerprint density at radius 1 is 1.10 bits per heavy atom. The van der Waals surface area contributed by atoms with Gasteiger partial charge in [-0.05, 0) is 43.5 Å². The molecule has 0 radical (unpaired) electrons. The average molecular weight is 552 g/mol. The van der Waals surface area contributed by atoms with Crippen LogP contribution >= 0.6 is 0 Å². The minimum absolute atomic E-state index is 0.00230. The van der Waals surface area contributed by atoms with Crippen LogP contribution in [0, 0.1) is 5.82 Å². The molecular weight excluding hydrogens is 530 g/mol. The number of nitrogens with zero attached hydrogens (tertiary/aromatic N) is 4. The molecule has 3 aromatic heterocycles. The number of benzene rings is 1. The fraction of sp³-hybridized carbons (Fsp3) is 0.320. The molecule has 0 aliphatic heterocycles. The normalized spacial score (nSPS) is 12.7. The van der Waals surface area contributed by atoms with Gasteiger partial charge in [0, 0.05) is 29.9 Å². The lowest BCUT2D eigenvalue weighted by Gasteiger charge is -2.20. The highest BCUT2D eigenvalue weighted by molar-refractivity contribution is 5.83. The van der Waals surface area contributed by atoms with Crippen molar-refractivity contribution in [3.8, 4) is 11.3 Å². The first-order valence-corrected chi connectivity index (χ1v) is 11.8. The van der Waals surface area contributed by atoms with Gasteiger partial charge in [0.05, 0.1) is 34.8 Å². The molecule has 1 aromatic carbocycles. The van der Waals surface area contributed by atoms with Crippen LogP contribution in [0.5, 0.6) is 0 Å². The first-order valence-electron chi connectivity index (χ1n) is 11.8. The first kappa shape index (κ1) is 27.8. The molecule has 39 heavy (non-hydrogen) atoms. The van der Waals surface area contributed by atoms with E-state index in [1.807, 2.05) is 0 Å². The largest absolute Gasteiger partial charge is 0.423 e. The van der Waals surface area contributed by atoms with E-state index in [1.54, 1.807) is 12.0 Å². The number of pyridine rings is 1. The van der Waals surface area contributed by atoms with Crippen LogP contribution in [0.3, 0.4) is 0 Å². The summed E-state index contributed by atoms with van der Waals surface area (Å²) >= 11 is 0. The molecule has 0 saturated carbocycles. The predicted octanol–water partition coefficient (Wildman–Crippen LogP) is 5.31. The van der Waals surface area contributed by atoms with Gasteiger partial charge < -0.3 is 5.32 Å². The van der Waals surface area contributed by atoms with Crippen LogP contribution in [-0.2, 0) is 12.7 Å². The standard InChI is InChI=1S/C25H22F6N6O2/c1-2-14(35-20-11-34-36-23(38)21(20)25(29,30)31)4-3-7-37-12-33-19-9-15(17(26)8-16(19)24(37)39)18-6-5-13(10-32-18)22(27)28/h5-6,8-12,14,22H,2-4,7H2,1H3,(H2,35,36,38)/t14-/m0/s1. The summed E-state index contributed by atoms with van der Waals surface area (Å²) in [4.78, 5) is 32.7. The number of anilines is 1. The van der Waals surface area contributed by atoms with Crippen LogP contribution in [0.25, 0.3) is 22.2 Å². The number of aromatic amines is 1. The van der Waals surface area contributed by atoms with E-state index in [1.165, 1.54) is 23.0 Å². The Kier molecular flexibility index (Phi) is 8.02. The van der Waals surface area contributed by atoms with E-state index in [4.69, 9.17) is 0 Å². The maximum atomic E-state index is 14.8. The van der Waals surface area contributed by atoms with Crippen LogP contribution in [-0.4, -0.2) is 30.8 Å². The molecule has 3 heterocycles. The Bertz CT molecular complexity index is 1580. The predicted molar refractivity (Wildman–Crippen MR) is 131 cm³/mol. The van der Waals surface area contributed by atoms with Crippen molar-refractivity contribution >= 4 is 16.6 Å². The number of halogens is 6. The van der Waals surface area contributed by atoms with Gasteiger partial charge in [-0.15, -0.1) is 0 Å². The van der Waals surface area contributed by atoms with Gasteiger partial charge in [0.25, 0.3) is 17.5 Å². The molecule has 0 saturated heterocycles. The second kappa shape index (κ2) is 11.3. The number of rotatable bonds is 9. The second-order valence-corrected chi connectivity index (χ2v) is 8.75. The average Bonchev–Trinajstić information content (AvgIpc) is 2.88. The van der Waals surface area contributed by atoms with E-state index < -0.39 is 46.8 Å². The van der Waals surface area contributed by atoms with Crippen LogP contribution in [0.1, 0.15) is 43.7 Å². The molecule has 206 valence electrons. The van der Waals surface area contributed by atoms with E-state index in [0.29, 0.717) is 19.3 Å². The fourth-order valence-electron chi connectivity index (χ4n) is 4.12. The van der Waals surface area contributed by atoms with Crippen molar-refractivity contribution in [3.05, 3.63) is 80.6 Å². The lowest BCUT2D eigenvalue weighted by Crippen LogP contribution is -2.28. The van der Waals surface area contributed by atoms with Gasteiger partial charge in [-0.2, -0.15) is 18.3 Å². The topological polar surface area (TPSA) is 106 Å². The number of alkyl halides is 5. The monoisotopic (exact) mass is 552 g/mol. The fourth-order valence-corrected chi connectivity index (χ4v) is 4.12. The Hall–Kier alpha value is -4.23. The van der Waals surface area contributed by atoms with E-state index in [0.717, 1.165) is 24.5 Å². The van der Waals surface area contributed by atoms with E-state index in [2.05, 4.69) is 20.4 Å². The summed E-state index contributed by atoms with van der Waals surface area (Å²) in [5, 5.41) is 7.93. The first-order chi connectivity index (χ1) is 18.5. The van der Waals surface area contributed by atoms with Crippen LogP contribution in [0.15, 0.2) is 52.6 Å². The Morgan fingerprint density at radius 3 is 2.51 bits per heavy atom. The summed E-state index contributed by atoms with van der Waals surface area (Å²) in [5.41, 5.74) is -3.71. The van der Waals surface area contributed by atoms with E-state index in [-0.39, 0.29) is 34.3 Å². The third kappa shape index (κ3) is 6.10. The SMILES string of the molecule is CC[C@@H](CCCn1cnc2cc(-c3ccc(C(F)F)cn3)c(F)cc2c1=O)Nc1cn[nH]c(=O)c1C(F)(F)F. The van der Waals surface area contributed by atoms with Crippen molar-refractivity contribution in [1.29, 1.82) is 0 Å². The third-order valence-electron chi connectivity index (χ3n) is 6.17. The Morgan fingerprint density at radius 2 is 1.87 bits per heavy atom. The summed E-state index contributed by atoms with van der Waals surface area (Å²) in [7, 11) is 0. The number of hydrogen-bond acceptors (Lipinski definition) is 6. The summed E-state index contributed by atoms with van der Waals surface area (Å²) < 4.78 is 81.6. The highest BCUT2D eigenvalue weighted by Gasteiger charge is 2.37. The van der Waals surface area contributed by atoms with Gasteiger partial charge in [0.15, 0.2) is 0 Å². The highest BCUT2D eigenvalue weighted by atomic mass is 19.4. The van der Waals surface area contributed by atoms with E-state index >= 15 is 0 Å². The summed E-state index contributed by atoms with van der Waals surface area (Å²) in [6.07, 6.45) is -3.34. The number of fused-ring (bicyclic) bond motifs is 1. The molecule has 0 unspecified atom stereocenters. The molecule has 0 aliphatic rings. The lowest BCUT2D eigenvalue weighted by atomic mass is 10.1. The van der Waals surface area contributed by atoms with Gasteiger partial charge in [-0.25, -0.2) is 23.3 Å². The summed E-state index contributed by atoms with van der Waals surface area (Å²) in [5.74, 6) is -0.779. The molecule has 1 atom stereocenters. The van der Waals surface area contributed by atoms with Gasteiger partial charge in [0.2, 0.25) is 0 Å². The number of H-pyrrole nitrogens is 1. The van der Waals surface area contributed by atoms with Gasteiger partial charge in [-0.1, -0.05) is 6.92 Å². The zero-order chi connectivity index (χ0) is 28.3. The zero-order valence-corrected chi connectivity index (χ0v) is 20.4. The number of aryl methyl sites for hydroxylation is 1. The van der Waals surface area contributed by atoms with Crippen molar-refractivity contribution in [2.45, 2.75) is 51.4 Å². The van der Waals surface area contributed by atoms with Crippen molar-refractivity contribution in [3.63, 3.8) is 0 Å². The minimum atomic E-state index is -4.87. The van der Waals surface area contributed by atoms with Gasteiger partial charge in [-0.3, -0.25) is 19.1 Å². The molecule has 8 nitrogen and oxygen atoms in total. The summed E-state index contributed by atoms with van der Waals surface area (Å²) in [6, 6.07) is 4.25. The molecule has 0 amide bonds. The smallest absolute Gasteiger partial charge is 0.380 e.